The maximum atomic E-state index is 10.0. The topological polar surface area (TPSA) is 26.3 Å². The Labute approximate surface area is 78.5 Å². The standard InChI is InChI=1S/C11H13O2/c1-3-9-5-10(4-2)7-11(6-9)13-8-12/h5-7H,3-4H2,1-2H3. The van der Waals surface area contributed by atoms with Gasteiger partial charge < -0.3 is 4.74 Å². The maximum Gasteiger partial charge on any atom is 0.423 e. The van der Waals surface area contributed by atoms with Gasteiger partial charge in [0.25, 0.3) is 0 Å². The predicted molar refractivity (Wildman–Crippen MR) is 51.5 cm³/mol. The number of aryl methyl sites for hydroxylation is 2. The molecule has 2 nitrogen and oxygen atoms in total. The zero-order valence-corrected chi connectivity index (χ0v) is 7.96. The fraction of sp³-hybridized carbons (Fsp3) is 0.364. The second-order valence-electron chi connectivity index (χ2n) is 2.88. The van der Waals surface area contributed by atoms with E-state index in [2.05, 4.69) is 24.7 Å². The Hall–Kier alpha value is -1.31. The summed E-state index contributed by atoms with van der Waals surface area (Å²) in [6, 6.07) is 5.85. The van der Waals surface area contributed by atoms with Gasteiger partial charge in [-0.2, -0.15) is 0 Å². The molecule has 0 aliphatic rings. The van der Waals surface area contributed by atoms with Crippen LogP contribution in [0.1, 0.15) is 25.0 Å². The summed E-state index contributed by atoms with van der Waals surface area (Å²) < 4.78 is 4.69. The second-order valence-corrected chi connectivity index (χ2v) is 2.88. The summed E-state index contributed by atoms with van der Waals surface area (Å²) >= 11 is 0. The molecule has 0 heterocycles. The van der Waals surface area contributed by atoms with Crippen molar-refractivity contribution >= 4 is 6.47 Å². The molecular weight excluding hydrogens is 164 g/mol. The first-order valence-corrected chi connectivity index (χ1v) is 4.47. The molecule has 0 saturated carbocycles. The van der Waals surface area contributed by atoms with Gasteiger partial charge in [0.2, 0.25) is 0 Å². The van der Waals surface area contributed by atoms with Gasteiger partial charge in [-0.3, -0.25) is 0 Å². The largest absolute Gasteiger partial charge is 0.423 e. The Kier molecular flexibility index (Phi) is 3.50. The third kappa shape index (κ3) is 2.58. The van der Waals surface area contributed by atoms with Crippen LogP contribution in [-0.2, 0) is 17.6 Å². The number of hydrogen-bond acceptors (Lipinski definition) is 2. The minimum absolute atomic E-state index is 0.589. The molecule has 0 amide bonds. The zero-order valence-electron chi connectivity index (χ0n) is 7.96. The minimum atomic E-state index is 0.589. The van der Waals surface area contributed by atoms with Crippen molar-refractivity contribution in [3.8, 4) is 5.75 Å². The van der Waals surface area contributed by atoms with Crippen LogP contribution in [0, 0.1) is 0 Å². The van der Waals surface area contributed by atoms with Gasteiger partial charge in [0, 0.05) is 0 Å². The molecular formula is C11H13O2. The highest BCUT2D eigenvalue weighted by Gasteiger charge is 1.99. The van der Waals surface area contributed by atoms with Crippen LogP contribution in [0.15, 0.2) is 18.2 Å². The number of hydrogen-bond donors (Lipinski definition) is 0. The van der Waals surface area contributed by atoms with Crippen molar-refractivity contribution in [1.29, 1.82) is 0 Å². The lowest BCUT2D eigenvalue weighted by atomic mass is 10.1. The molecule has 2 heteroatoms. The first-order valence-electron chi connectivity index (χ1n) is 4.47. The SMILES string of the molecule is CCc1cc(CC)cc(O[C]=O)c1. The van der Waals surface area contributed by atoms with Crippen LogP contribution < -0.4 is 4.74 Å². The lowest BCUT2D eigenvalue weighted by Crippen LogP contribution is -1.92. The van der Waals surface area contributed by atoms with Crippen molar-refractivity contribution in [2.24, 2.45) is 0 Å². The van der Waals surface area contributed by atoms with Crippen LogP contribution in [0.25, 0.3) is 0 Å². The minimum Gasteiger partial charge on any atom is -0.418 e. The van der Waals surface area contributed by atoms with Crippen molar-refractivity contribution in [2.45, 2.75) is 26.7 Å². The van der Waals surface area contributed by atoms with E-state index in [9.17, 15) is 4.79 Å². The van der Waals surface area contributed by atoms with Gasteiger partial charge >= 0.3 is 6.47 Å². The normalized spacial score (nSPS) is 9.69. The first kappa shape index (κ1) is 9.78. The van der Waals surface area contributed by atoms with E-state index in [1.54, 1.807) is 0 Å². The van der Waals surface area contributed by atoms with Crippen LogP contribution >= 0.6 is 0 Å². The molecule has 0 unspecified atom stereocenters. The maximum absolute atomic E-state index is 10.0. The Morgan fingerprint density at radius 1 is 1.15 bits per heavy atom. The van der Waals surface area contributed by atoms with Gasteiger partial charge in [0.05, 0.1) is 0 Å². The van der Waals surface area contributed by atoms with E-state index in [-0.39, 0.29) is 0 Å². The summed E-state index contributed by atoms with van der Waals surface area (Å²) in [5.41, 5.74) is 2.37. The predicted octanol–water partition coefficient (Wildman–Crippen LogP) is 2.26. The molecule has 1 rings (SSSR count). The third-order valence-corrected chi connectivity index (χ3v) is 2.00. The molecule has 69 valence electrons. The highest BCUT2D eigenvalue weighted by Crippen LogP contribution is 2.17. The van der Waals surface area contributed by atoms with E-state index in [1.807, 2.05) is 12.1 Å². The second kappa shape index (κ2) is 4.65. The molecule has 1 radical (unpaired) electrons. The molecule has 0 bridgehead atoms. The van der Waals surface area contributed by atoms with E-state index in [1.165, 1.54) is 17.6 Å². The molecule has 0 spiro atoms. The van der Waals surface area contributed by atoms with E-state index in [0.29, 0.717) is 5.75 Å². The Bertz CT molecular complexity index is 270. The van der Waals surface area contributed by atoms with Crippen molar-refractivity contribution in [3.63, 3.8) is 0 Å². The molecule has 0 saturated heterocycles. The Morgan fingerprint density at radius 3 is 2.08 bits per heavy atom. The molecule has 0 aliphatic heterocycles. The summed E-state index contributed by atoms with van der Waals surface area (Å²) in [5.74, 6) is 0.589. The fourth-order valence-electron chi connectivity index (χ4n) is 1.24. The number of ether oxygens (including phenoxy) is 1. The van der Waals surface area contributed by atoms with E-state index >= 15 is 0 Å². The van der Waals surface area contributed by atoms with Crippen molar-refractivity contribution in [3.05, 3.63) is 29.3 Å². The van der Waals surface area contributed by atoms with Gasteiger partial charge in [-0.05, 0) is 36.1 Å². The summed E-state index contributed by atoms with van der Waals surface area (Å²) in [6.45, 7) is 5.58. The van der Waals surface area contributed by atoms with Gasteiger partial charge in [-0.15, -0.1) is 0 Å². The number of rotatable bonds is 4. The molecule has 0 atom stereocenters. The zero-order chi connectivity index (χ0) is 9.68. The van der Waals surface area contributed by atoms with E-state index in [0.717, 1.165) is 12.8 Å². The van der Waals surface area contributed by atoms with Crippen LogP contribution in [0.2, 0.25) is 0 Å². The average molecular weight is 177 g/mol. The fourth-order valence-corrected chi connectivity index (χ4v) is 1.24. The molecule has 0 aromatic heterocycles. The summed E-state index contributed by atoms with van der Waals surface area (Å²) in [5, 5.41) is 0. The molecule has 1 aromatic rings. The molecule has 1 aromatic carbocycles. The lowest BCUT2D eigenvalue weighted by Gasteiger charge is -2.04. The molecule has 0 fully saturated rings. The van der Waals surface area contributed by atoms with Crippen LogP contribution in [-0.4, -0.2) is 6.47 Å². The van der Waals surface area contributed by atoms with Gasteiger partial charge in [-0.25, -0.2) is 4.79 Å². The average Bonchev–Trinajstić information content (AvgIpc) is 2.17. The third-order valence-electron chi connectivity index (χ3n) is 2.00. The van der Waals surface area contributed by atoms with Crippen molar-refractivity contribution in [1.82, 2.24) is 0 Å². The Morgan fingerprint density at radius 2 is 1.69 bits per heavy atom. The molecule has 0 aliphatic carbocycles. The highest BCUT2D eigenvalue weighted by atomic mass is 16.5. The van der Waals surface area contributed by atoms with Crippen molar-refractivity contribution < 1.29 is 9.53 Å². The van der Waals surface area contributed by atoms with Gasteiger partial charge in [0.15, 0.2) is 0 Å². The van der Waals surface area contributed by atoms with Crippen LogP contribution in [0.4, 0.5) is 0 Å². The van der Waals surface area contributed by atoms with Crippen LogP contribution in [0.3, 0.4) is 0 Å². The summed E-state index contributed by atoms with van der Waals surface area (Å²) in [6.07, 6.45) is 1.89. The summed E-state index contributed by atoms with van der Waals surface area (Å²) in [7, 11) is 0. The molecule has 0 N–H and O–H groups in total. The first-order chi connectivity index (χ1) is 6.30. The Balaban J connectivity index is 2.99. The number of carbonyl (C=O) groups excluding carboxylic acids is 1. The number of benzene rings is 1. The smallest absolute Gasteiger partial charge is 0.418 e. The van der Waals surface area contributed by atoms with E-state index in [4.69, 9.17) is 0 Å². The van der Waals surface area contributed by atoms with Crippen molar-refractivity contribution in [2.75, 3.05) is 0 Å². The molecule has 13 heavy (non-hydrogen) atoms. The summed E-state index contributed by atoms with van der Waals surface area (Å²) in [4.78, 5) is 10.0. The monoisotopic (exact) mass is 177 g/mol. The van der Waals surface area contributed by atoms with Gasteiger partial charge in [-0.1, -0.05) is 19.9 Å². The quantitative estimate of drug-likeness (QED) is 0.705. The lowest BCUT2D eigenvalue weighted by molar-refractivity contribution is 0.442. The van der Waals surface area contributed by atoms with Gasteiger partial charge in [0.1, 0.15) is 5.75 Å². The van der Waals surface area contributed by atoms with E-state index < -0.39 is 0 Å². The highest BCUT2D eigenvalue weighted by molar-refractivity contribution is 5.47. The van der Waals surface area contributed by atoms with Crippen LogP contribution in [0.5, 0.6) is 5.75 Å².